The maximum Gasteiger partial charge on any atom is 0.317 e. The van der Waals surface area contributed by atoms with Gasteiger partial charge in [-0.25, -0.2) is 9.18 Å². The number of hydrogen-bond acceptors (Lipinski definition) is 3. The predicted octanol–water partition coefficient (Wildman–Crippen LogP) is 2.29. The minimum atomic E-state index is -0.221. The van der Waals surface area contributed by atoms with E-state index in [1.165, 1.54) is 11.6 Å². The Kier molecular flexibility index (Phi) is 5.95. The average Bonchev–Trinajstić information content (AvgIpc) is 2.65. The van der Waals surface area contributed by atoms with E-state index in [2.05, 4.69) is 15.2 Å². The first kappa shape index (κ1) is 17.4. The molecule has 6 heteroatoms. The zero-order valence-corrected chi connectivity index (χ0v) is 14.2. The number of halogens is 1. The summed E-state index contributed by atoms with van der Waals surface area (Å²) in [5.74, 6) is -0.221. The Labute approximate surface area is 147 Å². The summed E-state index contributed by atoms with van der Waals surface area (Å²) >= 11 is 0. The Balaban J connectivity index is 1.39. The molecule has 0 radical (unpaired) electrons. The molecule has 1 aliphatic heterocycles. The van der Waals surface area contributed by atoms with Crippen LogP contribution in [0.25, 0.3) is 0 Å². The molecule has 0 bridgehead atoms. The number of carbonyl (C=O) groups is 1. The van der Waals surface area contributed by atoms with Crippen LogP contribution in [-0.2, 0) is 13.0 Å². The molecule has 0 atom stereocenters. The van der Waals surface area contributed by atoms with Crippen molar-refractivity contribution in [3.05, 3.63) is 65.7 Å². The topological polar surface area (TPSA) is 48.5 Å². The number of benzene rings is 1. The SMILES string of the molecule is O=C(NCCc1ccccc1F)N1CCN(Cc2ccncc2)CC1. The molecule has 1 aliphatic rings. The third kappa shape index (κ3) is 5.00. The minimum Gasteiger partial charge on any atom is -0.338 e. The van der Waals surface area contributed by atoms with Gasteiger partial charge in [0.05, 0.1) is 0 Å². The van der Waals surface area contributed by atoms with Crippen LogP contribution < -0.4 is 5.32 Å². The molecule has 2 heterocycles. The van der Waals surface area contributed by atoms with E-state index in [0.717, 1.165) is 19.6 Å². The summed E-state index contributed by atoms with van der Waals surface area (Å²) in [6.07, 6.45) is 4.10. The van der Waals surface area contributed by atoms with Crippen LogP contribution in [0.2, 0.25) is 0 Å². The summed E-state index contributed by atoms with van der Waals surface area (Å²) in [6.45, 7) is 4.43. The second-order valence-corrected chi connectivity index (χ2v) is 6.19. The first-order valence-corrected chi connectivity index (χ1v) is 8.60. The molecule has 2 amide bonds. The van der Waals surface area contributed by atoms with E-state index in [-0.39, 0.29) is 11.8 Å². The molecule has 132 valence electrons. The zero-order chi connectivity index (χ0) is 17.5. The lowest BCUT2D eigenvalue weighted by Crippen LogP contribution is -2.51. The van der Waals surface area contributed by atoms with Crippen LogP contribution in [0.1, 0.15) is 11.1 Å². The number of carbonyl (C=O) groups excluding carboxylic acids is 1. The number of pyridine rings is 1. The highest BCUT2D eigenvalue weighted by molar-refractivity contribution is 5.74. The van der Waals surface area contributed by atoms with Gasteiger partial charge in [0.1, 0.15) is 5.82 Å². The first-order chi connectivity index (χ1) is 12.2. The van der Waals surface area contributed by atoms with E-state index in [4.69, 9.17) is 0 Å². The van der Waals surface area contributed by atoms with E-state index < -0.39 is 0 Å². The van der Waals surface area contributed by atoms with Crippen molar-refractivity contribution in [1.82, 2.24) is 20.1 Å². The second kappa shape index (κ2) is 8.58. The van der Waals surface area contributed by atoms with Crippen LogP contribution in [0.15, 0.2) is 48.8 Å². The van der Waals surface area contributed by atoms with Crippen molar-refractivity contribution in [2.75, 3.05) is 32.7 Å². The molecule has 1 aromatic heterocycles. The van der Waals surface area contributed by atoms with Gasteiger partial charge in [-0.1, -0.05) is 18.2 Å². The standard InChI is InChI=1S/C19H23FN4O/c20-18-4-2-1-3-17(18)7-10-22-19(25)24-13-11-23(12-14-24)15-16-5-8-21-9-6-16/h1-6,8-9H,7,10-15H2,(H,22,25). The number of hydrogen-bond donors (Lipinski definition) is 1. The van der Waals surface area contributed by atoms with E-state index in [0.29, 0.717) is 31.6 Å². The molecular formula is C19H23FN4O. The normalized spacial score (nSPS) is 15.2. The first-order valence-electron chi connectivity index (χ1n) is 8.60. The third-order valence-electron chi connectivity index (χ3n) is 4.44. The number of nitrogens with zero attached hydrogens (tertiary/aromatic N) is 3. The van der Waals surface area contributed by atoms with Crippen molar-refractivity contribution in [3.63, 3.8) is 0 Å². The summed E-state index contributed by atoms with van der Waals surface area (Å²) in [4.78, 5) is 20.4. The molecule has 25 heavy (non-hydrogen) atoms. The van der Waals surface area contributed by atoms with E-state index in [1.807, 2.05) is 23.1 Å². The van der Waals surface area contributed by atoms with Crippen LogP contribution in [0.5, 0.6) is 0 Å². The molecule has 3 rings (SSSR count). The van der Waals surface area contributed by atoms with Gasteiger partial charge in [-0.05, 0) is 35.7 Å². The average molecular weight is 342 g/mol. The van der Waals surface area contributed by atoms with Gasteiger partial charge >= 0.3 is 6.03 Å². The van der Waals surface area contributed by atoms with Crippen LogP contribution >= 0.6 is 0 Å². The number of amides is 2. The molecule has 1 saturated heterocycles. The fraction of sp³-hybridized carbons (Fsp3) is 0.368. The number of aromatic nitrogens is 1. The molecule has 0 aliphatic carbocycles. The van der Waals surface area contributed by atoms with Gasteiger partial charge in [0.2, 0.25) is 0 Å². The Hall–Kier alpha value is -2.47. The molecule has 1 fully saturated rings. The van der Waals surface area contributed by atoms with Gasteiger partial charge in [-0.15, -0.1) is 0 Å². The van der Waals surface area contributed by atoms with Crippen LogP contribution in [-0.4, -0.2) is 53.5 Å². The van der Waals surface area contributed by atoms with Crippen LogP contribution in [0.3, 0.4) is 0 Å². The molecule has 1 N–H and O–H groups in total. The Morgan fingerprint density at radius 2 is 1.80 bits per heavy atom. The summed E-state index contributed by atoms with van der Waals surface area (Å²) in [5, 5.41) is 2.89. The van der Waals surface area contributed by atoms with Gasteiger partial charge in [0, 0.05) is 51.7 Å². The molecule has 0 spiro atoms. The highest BCUT2D eigenvalue weighted by Crippen LogP contribution is 2.09. The molecule has 2 aromatic rings. The van der Waals surface area contributed by atoms with E-state index in [9.17, 15) is 9.18 Å². The Morgan fingerprint density at radius 1 is 1.08 bits per heavy atom. The van der Waals surface area contributed by atoms with Crippen molar-refractivity contribution in [1.29, 1.82) is 0 Å². The van der Waals surface area contributed by atoms with Crippen molar-refractivity contribution >= 4 is 6.03 Å². The summed E-state index contributed by atoms with van der Waals surface area (Å²) in [7, 11) is 0. The maximum atomic E-state index is 13.6. The zero-order valence-electron chi connectivity index (χ0n) is 14.2. The Morgan fingerprint density at radius 3 is 2.52 bits per heavy atom. The lowest BCUT2D eigenvalue weighted by molar-refractivity contribution is 0.135. The highest BCUT2D eigenvalue weighted by Gasteiger charge is 2.20. The second-order valence-electron chi connectivity index (χ2n) is 6.19. The lowest BCUT2D eigenvalue weighted by Gasteiger charge is -2.34. The molecule has 1 aromatic carbocycles. The van der Waals surface area contributed by atoms with Gasteiger partial charge < -0.3 is 10.2 Å². The van der Waals surface area contributed by atoms with Crippen molar-refractivity contribution < 1.29 is 9.18 Å². The smallest absolute Gasteiger partial charge is 0.317 e. The number of urea groups is 1. The Bertz CT molecular complexity index is 687. The van der Waals surface area contributed by atoms with Gasteiger partial charge in [-0.3, -0.25) is 9.88 Å². The van der Waals surface area contributed by atoms with Crippen LogP contribution in [0.4, 0.5) is 9.18 Å². The highest BCUT2D eigenvalue weighted by atomic mass is 19.1. The van der Waals surface area contributed by atoms with Crippen LogP contribution in [0, 0.1) is 5.82 Å². The summed E-state index contributed by atoms with van der Waals surface area (Å²) < 4.78 is 13.6. The van der Waals surface area contributed by atoms with Gasteiger partial charge in [0.15, 0.2) is 0 Å². The number of rotatable bonds is 5. The minimum absolute atomic E-state index is 0.0695. The van der Waals surface area contributed by atoms with E-state index in [1.54, 1.807) is 24.5 Å². The summed E-state index contributed by atoms with van der Waals surface area (Å²) in [5.41, 5.74) is 1.86. The monoisotopic (exact) mass is 342 g/mol. The van der Waals surface area contributed by atoms with Gasteiger partial charge in [0.25, 0.3) is 0 Å². The van der Waals surface area contributed by atoms with Crippen molar-refractivity contribution in [2.24, 2.45) is 0 Å². The molecule has 0 unspecified atom stereocenters. The number of nitrogens with one attached hydrogen (secondary N) is 1. The molecular weight excluding hydrogens is 319 g/mol. The molecule has 5 nitrogen and oxygen atoms in total. The van der Waals surface area contributed by atoms with Gasteiger partial charge in [-0.2, -0.15) is 0 Å². The van der Waals surface area contributed by atoms with Crippen molar-refractivity contribution in [2.45, 2.75) is 13.0 Å². The fourth-order valence-corrected chi connectivity index (χ4v) is 2.97. The van der Waals surface area contributed by atoms with E-state index >= 15 is 0 Å². The molecule has 0 saturated carbocycles. The maximum absolute atomic E-state index is 13.6. The van der Waals surface area contributed by atoms with Crippen molar-refractivity contribution in [3.8, 4) is 0 Å². The summed E-state index contributed by atoms with van der Waals surface area (Å²) in [6, 6.07) is 10.6. The largest absolute Gasteiger partial charge is 0.338 e. The quantitative estimate of drug-likeness (QED) is 0.907. The predicted molar refractivity (Wildman–Crippen MR) is 94.6 cm³/mol. The number of piperazine rings is 1. The lowest BCUT2D eigenvalue weighted by atomic mass is 10.1. The third-order valence-corrected chi connectivity index (χ3v) is 4.44. The fourth-order valence-electron chi connectivity index (χ4n) is 2.97.